The molecule has 14 heteroatoms. The van der Waals surface area contributed by atoms with Crippen LogP contribution in [0.2, 0.25) is 0 Å². The van der Waals surface area contributed by atoms with Crippen molar-refractivity contribution >= 4 is 45.0 Å². The summed E-state index contributed by atoms with van der Waals surface area (Å²) in [5.74, 6) is 1.30. The van der Waals surface area contributed by atoms with Crippen molar-refractivity contribution in [3.8, 4) is 28.6 Å². The number of hydrogen-bond acceptors (Lipinski definition) is 11. The van der Waals surface area contributed by atoms with Gasteiger partial charge in [0.1, 0.15) is 17.3 Å². The van der Waals surface area contributed by atoms with Gasteiger partial charge < -0.3 is 23.4 Å². The van der Waals surface area contributed by atoms with E-state index in [-0.39, 0.29) is 23.6 Å². The van der Waals surface area contributed by atoms with E-state index in [1.165, 1.54) is 44.1 Å². The Hall–Kier alpha value is -4.69. The molecule has 0 aliphatic carbocycles. The van der Waals surface area contributed by atoms with E-state index in [2.05, 4.69) is 20.9 Å². The fraction of sp³-hybridized carbons (Fsp3) is 0.233. The molecule has 2 aromatic carbocycles. The molecule has 0 saturated carbocycles. The molecule has 1 aliphatic heterocycles. The van der Waals surface area contributed by atoms with Crippen molar-refractivity contribution in [2.75, 3.05) is 27.9 Å². The van der Waals surface area contributed by atoms with Gasteiger partial charge in [-0.3, -0.25) is 19.5 Å². The van der Waals surface area contributed by atoms with Crippen LogP contribution in [0.3, 0.4) is 0 Å². The van der Waals surface area contributed by atoms with E-state index >= 15 is 0 Å². The fourth-order valence-corrected chi connectivity index (χ4v) is 6.43. The molecule has 0 saturated heterocycles. The summed E-state index contributed by atoms with van der Waals surface area (Å²) in [4.78, 5) is 42.9. The summed E-state index contributed by atoms with van der Waals surface area (Å²) in [5, 5.41) is 11.2. The number of methoxy groups -OCH3 is 3. The summed E-state index contributed by atoms with van der Waals surface area (Å²) in [6.07, 6.45) is 1.58. The summed E-state index contributed by atoms with van der Waals surface area (Å²) < 4.78 is 30.0. The van der Waals surface area contributed by atoms with Gasteiger partial charge in [-0.2, -0.15) is 0 Å². The molecule has 5 rings (SSSR count). The number of non-ortho nitro benzene ring substituents is 1. The van der Waals surface area contributed by atoms with Crippen LogP contribution in [0.25, 0.3) is 17.4 Å². The lowest BCUT2D eigenvalue weighted by Gasteiger charge is -2.26. The maximum absolute atomic E-state index is 14.0. The summed E-state index contributed by atoms with van der Waals surface area (Å²) in [6.45, 7) is 3.54. The Balaban J connectivity index is 1.66. The zero-order chi connectivity index (χ0) is 31.7. The lowest BCUT2D eigenvalue weighted by atomic mass is 9.95. The van der Waals surface area contributed by atoms with Crippen molar-refractivity contribution in [3.63, 3.8) is 0 Å². The third-order valence-corrected chi connectivity index (χ3v) is 8.55. The number of allylic oxidation sites excluding steroid dienone is 1. The third kappa shape index (κ3) is 5.53. The van der Waals surface area contributed by atoms with Gasteiger partial charge in [0.05, 0.1) is 66.3 Å². The van der Waals surface area contributed by atoms with E-state index in [4.69, 9.17) is 23.4 Å². The normalized spacial score (nSPS) is 14.6. The zero-order valence-electron chi connectivity index (χ0n) is 24.2. The molecule has 0 unspecified atom stereocenters. The molecule has 1 aliphatic rings. The number of nitro benzene ring substituents is 1. The summed E-state index contributed by atoms with van der Waals surface area (Å²) in [6, 6.07) is 10.1. The first-order valence-corrected chi connectivity index (χ1v) is 14.8. The number of furan rings is 1. The second kappa shape index (κ2) is 12.5. The molecule has 44 heavy (non-hydrogen) atoms. The number of carbonyl (C=O) groups excluding carboxylic acids is 1. The van der Waals surface area contributed by atoms with Gasteiger partial charge in [-0.25, -0.2) is 9.79 Å². The van der Waals surface area contributed by atoms with Crippen molar-refractivity contribution in [1.82, 2.24) is 4.57 Å². The minimum absolute atomic E-state index is 0.119. The summed E-state index contributed by atoms with van der Waals surface area (Å²) >= 11 is 4.72. The quantitative estimate of drug-likeness (QED) is 0.139. The molecular formula is C30H26BrN3O9S. The number of esters is 1. The van der Waals surface area contributed by atoms with Gasteiger partial charge in [0.25, 0.3) is 11.2 Å². The maximum Gasteiger partial charge on any atom is 0.338 e. The van der Waals surface area contributed by atoms with Crippen molar-refractivity contribution in [3.05, 3.63) is 99.3 Å². The van der Waals surface area contributed by atoms with E-state index in [0.717, 1.165) is 11.3 Å². The fourth-order valence-electron chi connectivity index (χ4n) is 4.87. The van der Waals surface area contributed by atoms with E-state index in [0.29, 0.717) is 53.6 Å². The predicted molar refractivity (Wildman–Crippen MR) is 165 cm³/mol. The van der Waals surface area contributed by atoms with E-state index in [9.17, 15) is 19.7 Å². The van der Waals surface area contributed by atoms with Gasteiger partial charge in [-0.15, -0.1) is 0 Å². The Morgan fingerprint density at radius 1 is 1.11 bits per heavy atom. The smallest absolute Gasteiger partial charge is 0.338 e. The molecular weight excluding hydrogens is 658 g/mol. The molecule has 4 aromatic rings. The molecule has 3 heterocycles. The number of fused-ring (bicyclic) bond motifs is 1. The maximum atomic E-state index is 14.0. The summed E-state index contributed by atoms with van der Waals surface area (Å²) in [5.41, 5.74) is 1.18. The van der Waals surface area contributed by atoms with Crippen LogP contribution in [-0.2, 0) is 9.53 Å². The Bertz CT molecular complexity index is 2010. The SMILES string of the molecule is CCOC(=O)C1=C(C)N=c2s/c(=C\c3ccc(-c4ccc([N+](=O)[O-])cc4OC)o3)c(=O)n2[C@@H]1c1cc(OC)c(OC)cc1Br. The van der Waals surface area contributed by atoms with Crippen molar-refractivity contribution in [2.45, 2.75) is 19.9 Å². The first-order valence-electron chi connectivity index (χ1n) is 13.2. The number of benzene rings is 2. The van der Waals surface area contributed by atoms with Gasteiger partial charge in [0, 0.05) is 16.6 Å². The number of nitrogens with zero attached hydrogens (tertiary/aromatic N) is 3. The van der Waals surface area contributed by atoms with E-state index < -0.39 is 22.5 Å². The van der Waals surface area contributed by atoms with Crippen LogP contribution in [0.4, 0.5) is 5.69 Å². The number of rotatable bonds is 9. The molecule has 0 radical (unpaired) electrons. The largest absolute Gasteiger partial charge is 0.496 e. The van der Waals surface area contributed by atoms with Gasteiger partial charge in [0.2, 0.25) is 0 Å². The molecule has 0 N–H and O–H groups in total. The van der Waals surface area contributed by atoms with Crippen molar-refractivity contribution in [1.29, 1.82) is 0 Å². The summed E-state index contributed by atoms with van der Waals surface area (Å²) in [7, 11) is 4.42. The highest BCUT2D eigenvalue weighted by Crippen LogP contribution is 2.41. The topological polar surface area (TPSA) is 145 Å². The van der Waals surface area contributed by atoms with Crippen LogP contribution in [-0.4, -0.2) is 43.4 Å². The average molecular weight is 685 g/mol. The molecule has 1 atom stereocenters. The molecule has 12 nitrogen and oxygen atoms in total. The molecule has 0 fully saturated rings. The monoisotopic (exact) mass is 683 g/mol. The first-order chi connectivity index (χ1) is 21.1. The zero-order valence-corrected chi connectivity index (χ0v) is 26.6. The molecule has 0 bridgehead atoms. The van der Waals surface area contributed by atoms with Crippen LogP contribution in [0.15, 0.2) is 72.4 Å². The number of carbonyl (C=O) groups is 1. The van der Waals surface area contributed by atoms with Crippen LogP contribution in [0.1, 0.15) is 31.2 Å². The third-order valence-electron chi connectivity index (χ3n) is 6.88. The lowest BCUT2D eigenvalue weighted by molar-refractivity contribution is -0.384. The standard InChI is InChI=1S/C30H26BrN3O9S/c1-6-42-29(36)26-15(2)32-30-33(27(26)19-13-23(40-4)24(41-5)14-20(19)31)28(35)25(44-30)12-17-8-10-21(43-17)18-9-7-16(34(37)38)11-22(18)39-3/h7-14,27H,6H2,1-5H3/b25-12-/t27-/m1/s1. The highest BCUT2D eigenvalue weighted by molar-refractivity contribution is 9.10. The van der Waals surface area contributed by atoms with Crippen molar-refractivity contribution < 1.29 is 33.1 Å². The minimum Gasteiger partial charge on any atom is -0.496 e. The van der Waals surface area contributed by atoms with Gasteiger partial charge in [-0.05, 0) is 49.7 Å². The molecule has 2 aromatic heterocycles. The van der Waals surface area contributed by atoms with Gasteiger partial charge in [0.15, 0.2) is 16.3 Å². The minimum atomic E-state index is -0.891. The average Bonchev–Trinajstić information content (AvgIpc) is 3.59. The molecule has 0 spiro atoms. The lowest BCUT2D eigenvalue weighted by Crippen LogP contribution is -2.40. The van der Waals surface area contributed by atoms with Crippen LogP contribution >= 0.6 is 27.3 Å². The number of nitro groups is 1. The van der Waals surface area contributed by atoms with Crippen molar-refractivity contribution in [2.24, 2.45) is 4.99 Å². The van der Waals surface area contributed by atoms with Gasteiger partial charge >= 0.3 is 5.97 Å². The van der Waals surface area contributed by atoms with E-state index in [1.54, 1.807) is 44.2 Å². The number of ether oxygens (including phenoxy) is 4. The van der Waals surface area contributed by atoms with E-state index in [1.807, 2.05) is 0 Å². The highest BCUT2D eigenvalue weighted by Gasteiger charge is 2.35. The molecule has 0 amide bonds. The van der Waals surface area contributed by atoms with Crippen LogP contribution in [0, 0.1) is 10.1 Å². The number of hydrogen-bond donors (Lipinski definition) is 0. The van der Waals surface area contributed by atoms with Crippen LogP contribution in [0.5, 0.6) is 17.2 Å². The predicted octanol–water partition coefficient (Wildman–Crippen LogP) is 4.75. The molecule has 228 valence electrons. The Kier molecular flexibility index (Phi) is 8.74. The number of thiazole rings is 1. The Labute approximate surface area is 262 Å². The number of aromatic nitrogens is 1. The van der Waals surface area contributed by atoms with Crippen LogP contribution < -0.4 is 29.1 Å². The Morgan fingerprint density at radius 3 is 2.48 bits per heavy atom. The number of halogens is 1. The second-order valence-corrected chi connectivity index (χ2v) is 11.2. The second-order valence-electron chi connectivity index (χ2n) is 9.37. The first kappa shape index (κ1) is 30.8. The van der Waals surface area contributed by atoms with Gasteiger partial charge in [-0.1, -0.05) is 27.3 Å². The highest BCUT2D eigenvalue weighted by atomic mass is 79.9. The Morgan fingerprint density at radius 2 is 1.82 bits per heavy atom.